The van der Waals surface area contributed by atoms with Crippen molar-refractivity contribution >= 4 is 17.5 Å². The standard InChI is InChI=1S/C15H19F2N3O3/c1-2-20(15(22)12-9-23-7-6-18-12)8-13(21)19-14-10(16)4-3-5-11(14)17/h3-5,12,18H,2,6-9H2,1H3,(H,19,21). The zero-order valence-corrected chi connectivity index (χ0v) is 12.8. The van der Waals surface area contributed by atoms with Crippen LogP contribution >= 0.6 is 0 Å². The second kappa shape index (κ2) is 7.98. The van der Waals surface area contributed by atoms with E-state index in [1.165, 1.54) is 11.0 Å². The number of morpholine rings is 1. The summed E-state index contributed by atoms with van der Waals surface area (Å²) in [6.45, 7) is 3.05. The summed E-state index contributed by atoms with van der Waals surface area (Å²) < 4.78 is 32.3. The number of halogens is 2. The Morgan fingerprint density at radius 2 is 2.09 bits per heavy atom. The largest absolute Gasteiger partial charge is 0.378 e. The highest BCUT2D eigenvalue weighted by Gasteiger charge is 2.27. The summed E-state index contributed by atoms with van der Waals surface area (Å²) in [5.41, 5.74) is -0.514. The zero-order chi connectivity index (χ0) is 16.8. The molecular weight excluding hydrogens is 308 g/mol. The van der Waals surface area contributed by atoms with Crippen molar-refractivity contribution < 1.29 is 23.1 Å². The van der Waals surface area contributed by atoms with E-state index in [0.29, 0.717) is 19.7 Å². The first-order chi connectivity index (χ1) is 11.0. The number of likely N-dealkylation sites (N-methyl/N-ethyl adjacent to an activating group) is 1. The molecule has 2 amide bonds. The summed E-state index contributed by atoms with van der Waals surface area (Å²) in [6, 6.07) is 2.79. The van der Waals surface area contributed by atoms with Gasteiger partial charge in [0.05, 0.1) is 19.8 Å². The highest BCUT2D eigenvalue weighted by atomic mass is 19.1. The lowest BCUT2D eigenvalue weighted by Crippen LogP contribution is -2.53. The van der Waals surface area contributed by atoms with E-state index < -0.39 is 29.3 Å². The van der Waals surface area contributed by atoms with Gasteiger partial charge in [-0.25, -0.2) is 8.78 Å². The summed E-state index contributed by atoms with van der Waals surface area (Å²) in [7, 11) is 0. The number of rotatable bonds is 5. The lowest BCUT2D eigenvalue weighted by Gasteiger charge is -2.29. The van der Waals surface area contributed by atoms with Crippen LogP contribution < -0.4 is 10.6 Å². The van der Waals surface area contributed by atoms with Crippen LogP contribution in [0.5, 0.6) is 0 Å². The van der Waals surface area contributed by atoms with E-state index in [1.807, 2.05) is 0 Å². The van der Waals surface area contributed by atoms with Gasteiger partial charge in [0.1, 0.15) is 23.4 Å². The van der Waals surface area contributed by atoms with Gasteiger partial charge in [0.25, 0.3) is 0 Å². The number of amides is 2. The molecule has 6 nitrogen and oxygen atoms in total. The fraction of sp³-hybridized carbons (Fsp3) is 0.467. The summed E-state index contributed by atoms with van der Waals surface area (Å²) >= 11 is 0. The molecule has 1 unspecified atom stereocenters. The summed E-state index contributed by atoms with van der Waals surface area (Å²) in [5, 5.41) is 5.17. The van der Waals surface area contributed by atoms with Crippen molar-refractivity contribution in [3.8, 4) is 0 Å². The minimum absolute atomic E-state index is 0.235. The molecule has 1 fully saturated rings. The van der Waals surface area contributed by atoms with Crippen LogP contribution in [-0.2, 0) is 14.3 Å². The molecule has 1 atom stereocenters. The second-order valence-electron chi connectivity index (χ2n) is 5.08. The molecule has 2 N–H and O–H groups in total. The third kappa shape index (κ3) is 4.46. The van der Waals surface area contributed by atoms with Crippen LogP contribution in [0.3, 0.4) is 0 Å². The molecule has 1 saturated heterocycles. The summed E-state index contributed by atoms with van der Waals surface area (Å²) in [4.78, 5) is 25.6. The Kier molecular flexibility index (Phi) is 6.00. The van der Waals surface area contributed by atoms with Crippen molar-refractivity contribution in [2.45, 2.75) is 13.0 Å². The first kappa shape index (κ1) is 17.3. The predicted molar refractivity (Wildman–Crippen MR) is 79.9 cm³/mol. The summed E-state index contributed by atoms with van der Waals surface area (Å²) in [5.74, 6) is -2.68. The number of ether oxygens (including phenoxy) is 1. The van der Waals surface area contributed by atoms with E-state index in [2.05, 4.69) is 10.6 Å². The molecule has 0 aromatic heterocycles. The fourth-order valence-electron chi connectivity index (χ4n) is 2.26. The van der Waals surface area contributed by atoms with Gasteiger partial charge in [-0.15, -0.1) is 0 Å². The van der Waals surface area contributed by atoms with Crippen LogP contribution in [0.25, 0.3) is 0 Å². The number of nitrogens with zero attached hydrogens (tertiary/aromatic N) is 1. The van der Waals surface area contributed by atoms with Crippen molar-refractivity contribution in [3.05, 3.63) is 29.8 Å². The van der Waals surface area contributed by atoms with Gasteiger partial charge in [0.2, 0.25) is 11.8 Å². The van der Waals surface area contributed by atoms with Gasteiger partial charge in [-0.1, -0.05) is 6.07 Å². The molecule has 1 aliphatic heterocycles. The molecule has 8 heteroatoms. The van der Waals surface area contributed by atoms with Crippen molar-refractivity contribution in [1.29, 1.82) is 0 Å². The average molecular weight is 327 g/mol. The van der Waals surface area contributed by atoms with Gasteiger partial charge in [-0.3, -0.25) is 9.59 Å². The van der Waals surface area contributed by atoms with Gasteiger partial charge < -0.3 is 20.3 Å². The first-order valence-electron chi connectivity index (χ1n) is 7.36. The monoisotopic (exact) mass is 327 g/mol. The number of carbonyl (C=O) groups is 2. The van der Waals surface area contributed by atoms with E-state index >= 15 is 0 Å². The third-order valence-corrected chi connectivity index (χ3v) is 3.47. The lowest BCUT2D eigenvalue weighted by atomic mass is 10.2. The Hall–Kier alpha value is -2.06. The molecule has 0 radical (unpaired) electrons. The average Bonchev–Trinajstić information content (AvgIpc) is 2.56. The van der Waals surface area contributed by atoms with Crippen LogP contribution in [0.15, 0.2) is 18.2 Å². The van der Waals surface area contributed by atoms with Gasteiger partial charge in [-0.05, 0) is 19.1 Å². The Balaban J connectivity index is 1.98. The topological polar surface area (TPSA) is 70.7 Å². The van der Waals surface area contributed by atoms with E-state index in [9.17, 15) is 18.4 Å². The van der Waals surface area contributed by atoms with Crippen LogP contribution in [0.4, 0.5) is 14.5 Å². The summed E-state index contributed by atoms with van der Waals surface area (Å²) in [6.07, 6.45) is 0. The van der Waals surface area contributed by atoms with E-state index in [4.69, 9.17) is 4.74 Å². The molecule has 1 aromatic carbocycles. The second-order valence-corrected chi connectivity index (χ2v) is 5.08. The third-order valence-electron chi connectivity index (χ3n) is 3.47. The Morgan fingerprint density at radius 3 is 2.65 bits per heavy atom. The van der Waals surface area contributed by atoms with E-state index in [1.54, 1.807) is 6.92 Å². The smallest absolute Gasteiger partial charge is 0.244 e. The highest BCUT2D eigenvalue weighted by molar-refractivity contribution is 5.95. The molecular formula is C15H19F2N3O3. The lowest BCUT2D eigenvalue weighted by molar-refractivity contribution is -0.138. The highest BCUT2D eigenvalue weighted by Crippen LogP contribution is 2.17. The number of nitrogens with one attached hydrogen (secondary N) is 2. The minimum atomic E-state index is -0.866. The number of para-hydroxylation sites is 1. The Labute approximate surface area is 132 Å². The van der Waals surface area contributed by atoms with Gasteiger partial charge in [0.15, 0.2) is 0 Å². The Morgan fingerprint density at radius 1 is 1.39 bits per heavy atom. The van der Waals surface area contributed by atoms with Gasteiger partial charge in [-0.2, -0.15) is 0 Å². The van der Waals surface area contributed by atoms with Gasteiger partial charge >= 0.3 is 0 Å². The van der Waals surface area contributed by atoms with Crippen LogP contribution in [0, 0.1) is 11.6 Å². The van der Waals surface area contributed by atoms with Gasteiger partial charge in [0, 0.05) is 13.1 Å². The van der Waals surface area contributed by atoms with E-state index in [0.717, 1.165) is 12.1 Å². The minimum Gasteiger partial charge on any atom is -0.378 e. The van der Waals surface area contributed by atoms with Crippen molar-refractivity contribution in [3.63, 3.8) is 0 Å². The molecule has 0 bridgehead atoms. The van der Waals surface area contributed by atoms with Crippen molar-refractivity contribution in [2.75, 3.05) is 38.2 Å². The molecule has 2 rings (SSSR count). The molecule has 0 aliphatic carbocycles. The molecule has 0 saturated carbocycles. The van der Waals surface area contributed by atoms with Crippen LogP contribution in [-0.4, -0.2) is 55.6 Å². The molecule has 0 spiro atoms. The van der Waals surface area contributed by atoms with Crippen LogP contribution in [0.1, 0.15) is 6.92 Å². The number of carbonyl (C=O) groups excluding carboxylic acids is 2. The molecule has 1 heterocycles. The predicted octanol–water partition coefficient (Wildman–Crippen LogP) is 0.740. The number of benzene rings is 1. The molecule has 1 aromatic rings. The van der Waals surface area contributed by atoms with Crippen molar-refractivity contribution in [2.24, 2.45) is 0 Å². The SMILES string of the molecule is CCN(CC(=O)Nc1c(F)cccc1F)C(=O)C1COCCN1. The van der Waals surface area contributed by atoms with Crippen LogP contribution in [0.2, 0.25) is 0 Å². The number of hydrogen-bond donors (Lipinski definition) is 2. The van der Waals surface area contributed by atoms with E-state index in [-0.39, 0.29) is 19.1 Å². The zero-order valence-electron chi connectivity index (χ0n) is 12.8. The maximum absolute atomic E-state index is 13.5. The maximum atomic E-state index is 13.5. The van der Waals surface area contributed by atoms with Crippen molar-refractivity contribution in [1.82, 2.24) is 10.2 Å². The molecule has 126 valence electrons. The number of hydrogen-bond acceptors (Lipinski definition) is 4. The Bertz CT molecular complexity index is 557. The fourth-order valence-corrected chi connectivity index (χ4v) is 2.26. The first-order valence-corrected chi connectivity index (χ1v) is 7.36. The normalized spacial score (nSPS) is 17.6. The number of anilines is 1. The quantitative estimate of drug-likeness (QED) is 0.837. The maximum Gasteiger partial charge on any atom is 0.244 e. The molecule has 23 heavy (non-hydrogen) atoms. The molecule has 1 aliphatic rings.